The quantitative estimate of drug-likeness (QED) is 0.200. The molecule has 1 aliphatic rings. The molecule has 0 spiro atoms. The third-order valence-electron chi connectivity index (χ3n) is 6.63. The van der Waals surface area contributed by atoms with Crippen LogP contribution in [0, 0.1) is 41.7 Å². The summed E-state index contributed by atoms with van der Waals surface area (Å²) in [5.74, 6) is 0.365. The second-order valence-electron chi connectivity index (χ2n) is 11.5. The van der Waals surface area contributed by atoms with Gasteiger partial charge in [-0.2, -0.15) is 0 Å². The molecule has 0 amide bonds. The summed E-state index contributed by atoms with van der Waals surface area (Å²) >= 11 is 0. The molecule has 0 N–H and O–H groups in total. The Balaban J connectivity index is 1.86. The van der Waals surface area contributed by atoms with Gasteiger partial charge in [0.1, 0.15) is 12.0 Å². The summed E-state index contributed by atoms with van der Waals surface area (Å²) in [6.45, 7) is 21.5. The zero-order valence-corrected chi connectivity index (χ0v) is 23.6. The molecule has 0 heterocycles. The summed E-state index contributed by atoms with van der Waals surface area (Å²) in [7, 11) is -0.894. The Kier molecular flexibility index (Phi) is 9.39. The highest BCUT2D eigenvalue weighted by Gasteiger charge is 2.43. The number of ether oxygens (including phenoxy) is 1. The predicted octanol–water partition coefficient (Wildman–Crippen LogP) is 7.75. The third-order valence-corrected chi connectivity index (χ3v) is 9.13. The molecule has 2 nitrogen and oxygen atoms in total. The fourth-order valence-electron chi connectivity index (χ4n) is 3.89. The minimum Gasteiger partial charge on any atom is -0.461 e. The van der Waals surface area contributed by atoms with E-state index in [1.165, 1.54) is 10.6 Å². The van der Waals surface area contributed by atoms with Gasteiger partial charge in [0.15, 0.2) is 0 Å². The van der Waals surface area contributed by atoms with E-state index in [1.807, 2.05) is 25.0 Å². The molecule has 5 radical (unpaired) electrons. The molecule has 0 aliphatic heterocycles. The van der Waals surface area contributed by atoms with E-state index in [0.29, 0.717) is 18.8 Å². The fraction of sp³-hybridized carbons (Fsp3) is 0.333. The highest BCUT2D eigenvalue weighted by atomic mass is 31.1. The van der Waals surface area contributed by atoms with E-state index in [4.69, 9.17) is 4.74 Å². The molecular weight excluding hydrogens is 459 g/mol. The molecule has 1 aliphatic carbocycles. The lowest BCUT2D eigenvalue weighted by molar-refractivity contribution is -0.146. The lowest BCUT2D eigenvalue weighted by atomic mass is 9.80. The smallest absolute Gasteiger partial charge is 0.314 e. The van der Waals surface area contributed by atoms with E-state index in [-0.39, 0.29) is 22.9 Å². The van der Waals surface area contributed by atoms with Gasteiger partial charge in [0, 0.05) is 18.5 Å². The summed E-state index contributed by atoms with van der Waals surface area (Å²) in [5.41, 5.74) is 3.04. The van der Waals surface area contributed by atoms with Gasteiger partial charge in [-0.3, -0.25) is 4.79 Å². The first-order valence-electron chi connectivity index (χ1n) is 12.6. The van der Waals surface area contributed by atoms with Crippen molar-refractivity contribution in [3.8, 4) is 0 Å². The molecule has 1 fully saturated rings. The molecule has 1 saturated carbocycles. The second-order valence-corrected chi connectivity index (χ2v) is 13.7. The second kappa shape index (κ2) is 11.9. The van der Waals surface area contributed by atoms with E-state index in [1.54, 1.807) is 0 Å². The van der Waals surface area contributed by atoms with Gasteiger partial charge in [-0.15, -0.1) is 0 Å². The molecule has 0 unspecified atom stereocenters. The summed E-state index contributed by atoms with van der Waals surface area (Å²) < 4.78 is 6.24. The van der Waals surface area contributed by atoms with Gasteiger partial charge in [0.2, 0.25) is 0 Å². The standard InChI is InChI=1S/C33H40O2P/c1-24(32(3,4)5)22-26(23-25(2)33(6,7)8)35-31(34)29-20-15-21-30(29)36(27-16-11-9-12-17-27)28-18-13-10-14-19-28/h9-21,26H,1-2,22-23H2,3-8H3. The van der Waals surface area contributed by atoms with Gasteiger partial charge in [-0.25, -0.2) is 0 Å². The van der Waals surface area contributed by atoms with Crippen molar-refractivity contribution in [2.45, 2.75) is 60.5 Å². The van der Waals surface area contributed by atoms with Crippen LogP contribution in [0.1, 0.15) is 54.4 Å². The summed E-state index contributed by atoms with van der Waals surface area (Å²) in [6.07, 6.45) is 6.86. The van der Waals surface area contributed by atoms with Crippen molar-refractivity contribution in [3.05, 3.63) is 116 Å². The van der Waals surface area contributed by atoms with E-state index >= 15 is 0 Å². The number of benzene rings is 2. The maximum absolute atomic E-state index is 13.7. The fourth-order valence-corrected chi connectivity index (χ4v) is 6.33. The molecule has 0 bridgehead atoms. The van der Waals surface area contributed by atoms with Gasteiger partial charge < -0.3 is 4.74 Å². The first-order valence-corrected chi connectivity index (χ1v) is 14.0. The van der Waals surface area contributed by atoms with Gasteiger partial charge in [0.25, 0.3) is 0 Å². The van der Waals surface area contributed by atoms with Crippen LogP contribution in [0.25, 0.3) is 0 Å². The Labute approximate surface area is 221 Å². The zero-order valence-electron chi connectivity index (χ0n) is 22.7. The lowest BCUT2D eigenvalue weighted by Crippen LogP contribution is -2.29. The number of hydrogen-bond acceptors (Lipinski definition) is 2. The lowest BCUT2D eigenvalue weighted by Gasteiger charge is -2.32. The summed E-state index contributed by atoms with van der Waals surface area (Å²) in [6, 6.07) is 20.8. The number of hydrogen-bond donors (Lipinski definition) is 0. The van der Waals surface area contributed by atoms with Crippen LogP contribution < -0.4 is 10.6 Å². The largest absolute Gasteiger partial charge is 0.461 e. The van der Waals surface area contributed by atoms with Crippen LogP contribution in [0.2, 0.25) is 0 Å². The maximum atomic E-state index is 13.7. The topological polar surface area (TPSA) is 26.3 Å². The van der Waals surface area contributed by atoms with Gasteiger partial charge >= 0.3 is 5.97 Å². The molecular formula is C33H40O2P. The van der Waals surface area contributed by atoms with Crippen molar-refractivity contribution >= 4 is 24.5 Å². The Hall–Kier alpha value is -2.18. The molecule has 3 heteroatoms. The van der Waals surface area contributed by atoms with Crippen molar-refractivity contribution in [1.82, 2.24) is 0 Å². The molecule has 36 heavy (non-hydrogen) atoms. The number of carbonyl (C=O) groups is 1. The highest BCUT2D eigenvalue weighted by Crippen LogP contribution is 2.56. The van der Waals surface area contributed by atoms with Crippen LogP contribution in [-0.2, 0) is 9.53 Å². The van der Waals surface area contributed by atoms with Crippen molar-refractivity contribution in [2.75, 3.05) is 0 Å². The third kappa shape index (κ3) is 7.42. The average Bonchev–Trinajstić information content (AvgIpc) is 3.29. The minimum absolute atomic E-state index is 0.0614. The van der Waals surface area contributed by atoms with Gasteiger partial charge in [0.05, 0.1) is 0 Å². The SMILES string of the molecule is C=C(CC(CC(=C)C(C)(C)C)OC(=O)[C]1[CH][CH][CH][C]1P(c1ccccc1)c1ccccc1)C(C)(C)C. The Morgan fingerprint density at radius 1 is 0.778 bits per heavy atom. The molecule has 189 valence electrons. The van der Waals surface area contributed by atoms with Crippen LogP contribution >= 0.6 is 7.92 Å². The number of carbonyl (C=O) groups excluding carboxylic acids is 1. The van der Waals surface area contributed by atoms with Gasteiger partial charge in [-0.1, -0.05) is 127 Å². The first-order chi connectivity index (χ1) is 16.9. The Morgan fingerprint density at radius 3 is 1.64 bits per heavy atom. The number of rotatable bonds is 9. The number of esters is 1. The van der Waals surface area contributed by atoms with Crippen molar-refractivity contribution < 1.29 is 9.53 Å². The average molecular weight is 500 g/mol. The van der Waals surface area contributed by atoms with E-state index in [9.17, 15) is 4.79 Å². The van der Waals surface area contributed by atoms with Crippen LogP contribution in [-0.4, -0.2) is 12.1 Å². The highest BCUT2D eigenvalue weighted by molar-refractivity contribution is 7.76. The van der Waals surface area contributed by atoms with E-state index < -0.39 is 7.92 Å². The summed E-state index contributed by atoms with van der Waals surface area (Å²) in [4.78, 5) is 13.7. The molecule has 3 rings (SSSR count). The van der Waals surface area contributed by atoms with Crippen LogP contribution in [0.3, 0.4) is 0 Å². The zero-order chi connectivity index (χ0) is 26.5. The molecule has 0 saturated heterocycles. The van der Waals surface area contributed by atoms with Crippen LogP contribution in [0.4, 0.5) is 0 Å². The molecule has 0 atom stereocenters. The first kappa shape index (κ1) is 28.4. The maximum Gasteiger partial charge on any atom is 0.314 e. The molecule has 2 aromatic carbocycles. The van der Waals surface area contributed by atoms with Crippen molar-refractivity contribution in [3.63, 3.8) is 0 Å². The van der Waals surface area contributed by atoms with Crippen molar-refractivity contribution in [1.29, 1.82) is 0 Å². The van der Waals surface area contributed by atoms with E-state index in [2.05, 4.69) is 110 Å². The van der Waals surface area contributed by atoms with Crippen LogP contribution in [0.15, 0.2) is 85.0 Å². The predicted molar refractivity (Wildman–Crippen MR) is 155 cm³/mol. The van der Waals surface area contributed by atoms with Crippen LogP contribution in [0.5, 0.6) is 0 Å². The monoisotopic (exact) mass is 499 g/mol. The normalized spacial score (nSPS) is 15.4. The molecule has 2 aromatic rings. The molecule has 0 aromatic heterocycles. The summed E-state index contributed by atoms with van der Waals surface area (Å²) in [5, 5.41) is 2.41. The van der Waals surface area contributed by atoms with Crippen molar-refractivity contribution in [2.24, 2.45) is 10.8 Å². The minimum atomic E-state index is -0.894. The van der Waals surface area contributed by atoms with E-state index in [0.717, 1.165) is 16.8 Å². The van der Waals surface area contributed by atoms with Gasteiger partial charge in [-0.05, 0) is 48.6 Å². The Bertz CT molecular complexity index is 959. The Morgan fingerprint density at radius 2 is 1.22 bits per heavy atom.